The Morgan fingerprint density at radius 2 is 1.50 bits per heavy atom. The van der Waals surface area contributed by atoms with E-state index in [-0.39, 0.29) is 31.3 Å². The Labute approximate surface area is 310 Å². The molecule has 0 radical (unpaired) electrons. The maximum Gasteiger partial charge on any atom is 2.00 e. The van der Waals surface area contributed by atoms with Crippen LogP contribution in [0.25, 0.3) is 44.4 Å². The SMILES string of the molecule is CCCc1nn(-c2[c-]c(Oc3[c-]c4c(cc3)c3ccccc3n4-c3cc(C)ccn3)cc(C(C)(C)C)c2)c(C(C)(C)C)c1-c1ccccc1.[Pd+2]. The van der Waals surface area contributed by atoms with Gasteiger partial charge in [-0.15, -0.1) is 41.3 Å². The van der Waals surface area contributed by atoms with Crippen molar-refractivity contribution >= 4 is 21.8 Å². The van der Waals surface area contributed by atoms with Gasteiger partial charge in [0.1, 0.15) is 5.82 Å². The van der Waals surface area contributed by atoms with Crippen LogP contribution in [0, 0.1) is 19.1 Å². The molecule has 7 rings (SSSR count). The second kappa shape index (κ2) is 13.7. The van der Waals surface area contributed by atoms with Crippen LogP contribution in [0.5, 0.6) is 11.5 Å². The van der Waals surface area contributed by atoms with Gasteiger partial charge in [0.25, 0.3) is 0 Å². The van der Waals surface area contributed by atoms with Gasteiger partial charge in [0.15, 0.2) is 0 Å². The van der Waals surface area contributed by atoms with Crippen molar-refractivity contribution in [2.24, 2.45) is 0 Å². The zero-order valence-electron chi connectivity index (χ0n) is 30.2. The summed E-state index contributed by atoms with van der Waals surface area (Å²) in [7, 11) is 0. The van der Waals surface area contributed by atoms with E-state index in [0.29, 0.717) is 11.5 Å². The molecule has 0 unspecified atom stereocenters. The smallest absolute Gasteiger partial charge is 0.509 e. The van der Waals surface area contributed by atoms with Crippen LogP contribution in [-0.2, 0) is 37.7 Å². The van der Waals surface area contributed by atoms with Gasteiger partial charge >= 0.3 is 20.4 Å². The quantitative estimate of drug-likeness (QED) is 0.120. The van der Waals surface area contributed by atoms with Gasteiger partial charge in [-0.3, -0.25) is 4.68 Å². The molecule has 0 aliphatic carbocycles. The minimum atomic E-state index is -0.188. The summed E-state index contributed by atoms with van der Waals surface area (Å²) in [6, 6.07) is 38.9. The molecule has 4 aromatic carbocycles. The van der Waals surface area contributed by atoms with Crippen molar-refractivity contribution in [2.75, 3.05) is 0 Å². The van der Waals surface area contributed by atoms with E-state index in [1.165, 1.54) is 16.8 Å². The van der Waals surface area contributed by atoms with Crippen LogP contribution in [0.3, 0.4) is 0 Å². The van der Waals surface area contributed by atoms with E-state index in [9.17, 15) is 0 Å². The first-order chi connectivity index (χ1) is 23.4. The predicted octanol–water partition coefficient (Wildman–Crippen LogP) is 11.3. The van der Waals surface area contributed by atoms with Gasteiger partial charge in [0.05, 0.1) is 11.4 Å². The van der Waals surface area contributed by atoms with Gasteiger partial charge < -0.3 is 9.30 Å². The second-order valence-electron chi connectivity index (χ2n) is 15.0. The standard InChI is InChI=1S/C44H44N4O.Pd/c1-9-15-37-41(30-16-11-10-12-17-30)42(44(6,7)8)48(46-37)32-25-31(43(3,4)5)26-34(27-32)49-33-20-21-36-35-18-13-14-19-38(35)47(39(36)28-33)40-24-29(2)22-23-45-40;/h10-14,16-26H,9,15H2,1-8H3;/q-2;+2. The molecule has 0 N–H and O–H groups in total. The molecule has 6 heteroatoms. The molecule has 3 aromatic heterocycles. The first kappa shape index (κ1) is 35.3. The molecule has 0 amide bonds. The molecule has 0 saturated carbocycles. The minimum Gasteiger partial charge on any atom is -0.509 e. The van der Waals surface area contributed by atoms with Gasteiger partial charge in [0.2, 0.25) is 0 Å². The van der Waals surface area contributed by atoms with Gasteiger partial charge in [-0.05, 0) is 59.2 Å². The second-order valence-corrected chi connectivity index (χ2v) is 15.0. The molecule has 3 heterocycles. The number of aryl methyl sites for hydroxylation is 2. The summed E-state index contributed by atoms with van der Waals surface area (Å²) in [5, 5.41) is 7.56. The molecule has 0 bridgehead atoms. The number of para-hydroxylation sites is 1. The van der Waals surface area contributed by atoms with E-state index in [1.54, 1.807) is 0 Å². The van der Waals surface area contributed by atoms with Crippen LogP contribution in [0.1, 0.15) is 77.4 Å². The van der Waals surface area contributed by atoms with Crippen molar-refractivity contribution in [1.82, 2.24) is 19.3 Å². The Morgan fingerprint density at radius 3 is 2.20 bits per heavy atom. The fourth-order valence-corrected chi connectivity index (χ4v) is 6.71. The number of rotatable bonds is 7. The van der Waals surface area contributed by atoms with E-state index in [1.807, 2.05) is 18.3 Å². The third-order valence-corrected chi connectivity index (χ3v) is 9.05. The summed E-state index contributed by atoms with van der Waals surface area (Å²) in [5.41, 5.74) is 9.50. The van der Waals surface area contributed by atoms with E-state index >= 15 is 0 Å². The normalized spacial score (nSPS) is 12.0. The average Bonchev–Trinajstić information content (AvgIpc) is 3.61. The maximum atomic E-state index is 6.70. The van der Waals surface area contributed by atoms with Crippen molar-refractivity contribution in [1.29, 1.82) is 0 Å². The first-order valence-electron chi connectivity index (χ1n) is 17.2. The largest absolute Gasteiger partial charge is 2.00 e. The summed E-state index contributed by atoms with van der Waals surface area (Å²) in [4.78, 5) is 4.74. The molecule has 0 aliphatic heterocycles. The summed E-state index contributed by atoms with van der Waals surface area (Å²) in [5.74, 6) is 2.10. The van der Waals surface area contributed by atoms with Gasteiger partial charge in [-0.2, -0.15) is 11.2 Å². The molecule has 5 nitrogen and oxygen atoms in total. The molecule has 256 valence electrons. The number of pyridine rings is 1. The van der Waals surface area contributed by atoms with Gasteiger partial charge in [0, 0.05) is 34.2 Å². The molecule has 0 atom stereocenters. The number of nitrogens with zero attached hydrogens (tertiary/aromatic N) is 4. The van der Waals surface area contributed by atoms with Crippen LogP contribution in [0.15, 0.2) is 97.2 Å². The van der Waals surface area contributed by atoms with Crippen molar-refractivity contribution in [3.05, 3.63) is 132 Å². The maximum absolute atomic E-state index is 6.70. The summed E-state index contributed by atoms with van der Waals surface area (Å²) in [6.45, 7) is 17.8. The van der Waals surface area contributed by atoms with Crippen LogP contribution >= 0.6 is 0 Å². The number of fused-ring (bicyclic) bond motifs is 3. The zero-order chi connectivity index (χ0) is 34.5. The van der Waals surface area contributed by atoms with Crippen molar-refractivity contribution in [3.63, 3.8) is 0 Å². The Hall–Kier alpha value is -4.50. The molecule has 0 fully saturated rings. The van der Waals surface area contributed by atoms with Crippen LogP contribution in [0.4, 0.5) is 0 Å². The third-order valence-electron chi connectivity index (χ3n) is 9.05. The molecule has 0 aliphatic rings. The summed E-state index contributed by atoms with van der Waals surface area (Å²) in [6.07, 6.45) is 3.76. The number of benzene rings is 4. The Bertz CT molecular complexity index is 2300. The molecule has 7 aromatic rings. The van der Waals surface area contributed by atoms with E-state index in [4.69, 9.17) is 14.8 Å². The molecule has 0 spiro atoms. The van der Waals surface area contributed by atoms with Gasteiger partial charge in [-0.1, -0.05) is 109 Å². The monoisotopic (exact) mass is 750 g/mol. The predicted molar refractivity (Wildman–Crippen MR) is 201 cm³/mol. The summed E-state index contributed by atoms with van der Waals surface area (Å²) < 4.78 is 11.0. The van der Waals surface area contributed by atoms with E-state index in [2.05, 4.69) is 156 Å². The van der Waals surface area contributed by atoms with Crippen LogP contribution < -0.4 is 4.74 Å². The molecule has 0 saturated heterocycles. The fraction of sp³-hybridized carbons (Fsp3) is 0.273. The van der Waals surface area contributed by atoms with Crippen LogP contribution in [-0.4, -0.2) is 19.3 Å². The molecule has 50 heavy (non-hydrogen) atoms. The fourth-order valence-electron chi connectivity index (χ4n) is 6.71. The van der Waals surface area contributed by atoms with E-state index < -0.39 is 0 Å². The number of hydrogen-bond donors (Lipinski definition) is 0. The first-order valence-corrected chi connectivity index (χ1v) is 17.2. The van der Waals surface area contributed by atoms with Crippen molar-refractivity contribution < 1.29 is 25.2 Å². The molecular weight excluding hydrogens is 707 g/mol. The summed E-state index contributed by atoms with van der Waals surface area (Å²) >= 11 is 0. The number of ether oxygens (including phenoxy) is 1. The molecular formula is C44H44N4OPd. The number of aromatic nitrogens is 4. The van der Waals surface area contributed by atoms with Crippen molar-refractivity contribution in [2.45, 2.75) is 79.1 Å². The minimum absolute atomic E-state index is 0. The van der Waals surface area contributed by atoms with E-state index in [0.717, 1.165) is 63.0 Å². The average molecular weight is 751 g/mol. The Morgan fingerprint density at radius 1 is 0.760 bits per heavy atom. The topological polar surface area (TPSA) is 44.9 Å². The Balaban J connectivity index is 0.00000432. The van der Waals surface area contributed by atoms with Gasteiger partial charge in [-0.25, -0.2) is 4.98 Å². The van der Waals surface area contributed by atoms with Crippen LogP contribution in [0.2, 0.25) is 0 Å². The third kappa shape index (κ3) is 6.68. The Kier molecular flexibility index (Phi) is 9.66. The van der Waals surface area contributed by atoms with Crippen molar-refractivity contribution in [3.8, 4) is 34.1 Å². The number of hydrogen-bond acceptors (Lipinski definition) is 3. The zero-order valence-corrected chi connectivity index (χ0v) is 31.7.